The molecule has 1 atom stereocenters. The van der Waals surface area contributed by atoms with Gasteiger partial charge in [-0.15, -0.1) is 12.4 Å². The van der Waals surface area contributed by atoms with Gasteiger partial charge in [-0.2, -0.15) is 0 Å². The third-order valence-electron chi connectivity index (χ3n) is 3.11. The summed E-state index contributed by atoms with van der Waals surface area (Å²) in [6.07, 6.45) is 0.777. The van der Waals surface area contributed by atoms with Crippen molar-refractivity contribution >= 4 is 38.4 Å². The van der Waals surface area contributed by atoms with E-state index in [-0.39, 0.29) is 29.1 Å². The van der Waals surface area contributed by atoms with E-state index in [2.05, 4.69) is 26.0 Å². The lowest BCUT2D eigenvalue weighted by atomic mass is 10.3. The number of hydrogen-bond acceptors (Lipinski definition) is 5. The quantitative estimate of drug-likeness (QED) is 0.782. The van der Waals surface area contributed by atoms with Crippen LogP contribution in [0.4, 0.5) is 0 Å². The number of hydrogen-bond donors (Lipinski definition) is 2. The number of sulfonamides is 1. The van der Waals surface area contributed by atoms with Gasteiger partial charge in [0.15, 0.2) is 0 Å². The normalized spacial score (nSPS) is 18.1. The molecule has 1 heterocycles. The molecule has 2 rings (SSSR count). The van der Waals surface area contributed by atoms with Crippen molar-refractivity contribution in [3.63, 3.8) is 0 Å². The van der Waals surface area contributed by atoms with Crippen molar-refractivity contribution in [3.05, 3.63) is 16.6 Å². The maximum atomic E-state index is 12.4. The summed E-state index contributed by atoms with van der Waals surface area (Å²) in [5, 5.41) is 3.12. The maximum Gasteiger partial charge on any atom is 0.244 e. The van der Waals surface area contributed by atoms with Gasteiger partial charge in [0.05, 0.1) is 18.7 Å². The zero-order chi connectivity index (χ0) is 14.8. The minimum absolute atomic E-state index is 0. The molecule has 0 aliphatic carbocycles. The zero-order valence-corrected chi connectivity index (χ0v) is 14.9. The largest absolute Gasteiger partial charge is 0.495 e. The van der Waals surface area contributed by atoms with Gasteiger partial charge in [-0.05, 0) is 35.0 Å². The first kappa shape index (κ1) is 18.5. The van der Waals surface area contributed by atoms with Gasteiger partial charge in [0.2, 0.25) is 10.0 Å². The Bertz CT molecular complexity index is 591. The molecule has 1 unspecified atom stereocenters. The third-order valence-corrected chi connectivity index (χ3v) is 5.27. The van der Waals surface area contributed by atoms with Gasteiger partial charge >= 0.3 is 0 Å². The highest BCUT2D eigenvalue weighted by Gasteiger charge is 2.26. The van der Waals surface area contributed by atoms with E-state index < -0.39 is 10.0 Å². The fourth-order valence-corrected chi connectivity index (χ4v) is 4.18. The van der Waals surface area contributed by atoms with Gasteiger partial charge in [-0.1, -0.05) is 0 Å². The zero-order valence-electron chi connectivity index (χ0n) is 11.7. The Morgan fingerprint density at radius 2 is 1.95 bits per heavy atom. The van der Waals surface area contributed by atoms with Crippen molar-refractivity contribution in [1.82, 2.24) is 10.0 Å². The molecule has 1 aromatic carbocycles. The lowest BCUT2D eigenvalue weighted by Gasteiger charge is -2.16. The molecular weight excluding hydrogens is 384 g/mol. The fraction of sp³-hybridized carbons (Fsp3) is 0.500. The molecule has 1 aliphatic rings. The van der Waals surface area contributed by atoms with Crippen LogP contribution in [0.25, 0.3) is 0 Å². The molecule has 0 saturated carbocycles. The lowest BCUT2D eigenvalue weighted by molar-refractivity contribution is 0.384. The minimum atomic E-state index is -3.63. The summed E-state index contributed by atoms with van der Waals surface area (Å²) in [7, 11) is -0.695. The summed E-state index contributed by atoms with van der Waals surface area (Å²) >= 11 is 3.29. The second-order valence-electron chi connectivity index (χ2n) is 4.45. The molecular formula is C12H18BrClN2O4S. The highest BCUT2D eigenvalue weighted by molar-refractivity contribution is 9.10. The molecule has 1 aliphatic heterocycles. The van der Waals surface area contributed by atoms with Gasteiger partial charge in [0.1, 0.15) is 16.4 Å². The first-order valence-corrected chi connectivity index (χ1v) is 8.40. The summed E-state index contributed by atoms with van der Waals surface area (Å²) < 4.78 is 38.4. The molecule has 0 amide bonds. The number of methoxy groups -OCH3 is 2. The summed E-state index contributed by atoms with van der Waals surface area (Å²) in [6, 6.07) is 2.94. The van der Waals surface area contributed by atoms with E-state index in [4.69, 9.17) is 9.47 Å². The topological polar surface area (TPSA) is 76.7 Å². The van der Waals surface area contributed by atoms with Crippen molar-refractivity contribution in [1.29, 1.82) is 0 Å². The van der Waals surface area contributed by atoms with Crippen LogP contribution in [0.15, 0.2) is 21.5 Å². The van der Waals surface area contributed by atoms with Gasteiger partial charge < -0.3 is 14.8 Å². The molecule has 0 bridgehead atoms. The number of ether oxygens (including phenoxy) is 2. The Kier molecular flexibility index (Phi) is 6.73. The number of nitrogens with one attached hydrogen (secondary N) is 2. The van der Waals surface area contributed by atoms with Crippen molar-refractivity contribution in [2.24, 2.45) is 0 Å². The molecule has 0 aromatic heterocycles. The molecule has 6 nitrogen and oxygen atoms in total. The Balaban J connectivity index is 0.00000220. The predicted molar refractivity (Wildman–Crippen MR) is 86.1 cm³/mol. The van der Waals surface area contributed by atoms with Gasteiger partial charge in [-0.3, -0.25) is 0 Å². The Labute approximate surface area is 139 Å². The van der Waals surface area contributed by atoms with Crippen LogP contribution in [0.3, 0.4) is 0 Å². The molecule has 120 valence electrons. The van der Waals surface area contributed by atoms with Crippen LogP contribution in [0.5, 0.6) is 11.5 Å². The van der Waals surface area contributed by atoms with Crippen LogP contribution in [0.2, 0.25) is 0 Å². The van der Waals surface area contributed by atoms with Crippen molar-refractivity contribution in [2.75, 3.05) is 27.3 Å². The van der Waals surface area contributed by atoms with Crippen molar-refractivity contribution < 1.29 is 17.9 Å². The predicted octanol–water partition coefficient (Wildman–Crippen LogP) is 1.53. The van der Waals surface area contributed by atoms with Gasteiger partial charge in [0.25, 0.3) is 0 Å². The summed E-state index contributed by atoms with van der Waals surface area (Å²) in [4.78, 5) is 0.0968. The van der Waals surface area contributed by atoms with E-state index >= 15 is 0 Å². The first-order chi connectivity index (χ1) is 9.47. The molecule has 1 fully saturated rings. The Morgan fingerprint density at radius 1 is 1.29 bits per heavy atom. The molecule has 2 N–H and O–H groups in total. The van der Waals surface area contributed by atoms with E-state index in [1.807, 2.05) is 0 Å². The molecule has 0 spiro atoms. The van der Waals surface area contributed by atoms with E-state index in [0.717, 1.165) is 13.0 Å². The minimum Gasteiger partial charge on any atom is -0.495 e. The molecule has 0 radical (unpaired) electrons. The first-order valence-electron chi connectivity index (χ1n) is 6.12. The van der Waals surface area contributed by atoms with E-state index in [0.29, 0.717) is 16.8 Å². The van der Waals surface area contributed by atoms with Gasteiger partial charge in [0, 0.05) is 18.7 Å². The van der Waals surface area contributed by atoms with E-state index in [1.165, 1.54) is 20.3 Å². The van der Waals surface area contributed by atoms with Crippen molar-refractivity contribution in [3.8, 4) is 11.5 Å². The van der Waals surface area contributed by atoms with Crippen LogP contribution in [-0.4, -0.2) is 41.8 Å². The average Bonchev–Trinajstić information content (AvgIpc) is 2.90. The lowest BCUT2D eigenvalue weighted by Crippen LogP contribution is -2.36. The molecule has 1 aromatic rings. The second-order valence-corrected chi connectivity index (χ2v) is 6.99. The van der Waals surface area contributed by atoms with E-state index in [1.54, 1.807) is 6.07 Å². The van der Waals surface area contributed by atoms with E-state index in [9.17, 15) is 8.42 Å². The monoisotopic (exact) mass is 400 g/mol. The Hall–Kier alpha value is -0.540. The highest BCUT2D eigenvalue weighted by Crippen LogP contribution is 2.35. The maximum absolute atomic E-state index is 12.4. The molecule has 21 heavy (non-hydrogen) atoms. The third kappa shape index (κ3) is 4.23. The number of benzene rings is 1. The van der Waals surface area contributed by atoms with Crippen LogP contribution in [0.1, 0.15) is 6.42 Å². The summed E-state index contributed by atoms with van der Waals surface area (Å²) in [5.41, 5.74) is 0. The Morgan fingerprint density at radius 3 is 2.48 bits per heavy atom. The van der Waals surface area contributed by atoms with Crippen LogP contribution in [-0.2, 0) is 10.0 Å². The SMILES string of the molecule is COc1cc(OC)c(S(=O)(=O)NC2CCNC2)cc1Br.Cl. The number of rotatable bonds is 5. The van der Waals surface area contributed by atoms with Crippen LogP contribution in [0, 0.1) is 0 Å². The van der Waals surface area contributed by atoms with Crippen LogP contribution >= 0.6 is 28.3 Å². The molecule has 9 heteroatoms. The average molecular weight is 402 g/mol. The number of halogens is 2. The molecule has 1 saturated heterocycles. The van der Waals surface area contributed by atoms with Crippen LogP contribution < -0.4 is 19.5 Å². The van der Waals surface area contributed by atoms with Gasteiger partial charge in [-0.25, -0.2) is 13.1 Å². The standard InChI is InChI=1S/C12H17BrN2O4S.ClH/c1-18-10-6-11(19-2)12(5-9(10)13)20(16,17)15-8-3-4-14-7-8;/h5-6,8,14-15H,3-4,7H2,1-2H3;1H. The second kappa shape index (κ2) is 7.64. The summed E-state index contributed by atoms with van der Waals surface area (Å²) in [6.45, 7) is 1.45. The summed E-state index contributed by atoms with van der Waals surface area (Å²) in [5.74, 6) is 0.770. The highest BCUT2D eigenvalue weighted by atomic mass is 79.9. The smallest absolute Gasteiger partial charge is 0.244 e. The fourth-order valence-electron chi connectivity index (χ4n) is 2.08. The van der Waals surface area contributed by atoms with Crippen molar-refractivity contribution in [2.45, 2.75) is 17.4 Å².